The van der Waals surface area contributed by atoms with E-state index in [0.29, 0.717) is 11.3 Å². The van der Waals surface area contributed by atoms with Crippen LogP contribution in [0, 0.1) is 13.8 Å². The molecule has 108 valence electrons. The van der Waals surface area contributed by atoms with Crippen molar-refractivity contribution in [1.82, 2.24) is 9.78 Å². The second-order valence-electron chi connectivity index (χ2n) is 4.81. The fourth-order valence-electron chi connectivity index (χ4n) is 2.48. The number of hydrogen-bond donors (Lipinski definition) is 1. The van der Waals surface area contributed by atoms with Gasteiger partial charge >= 0.3 is 5.97 Å². The van der Waals surface area contributed by atoms with Gasteiger partial charge in [-0.15, -0.1) is 0 Å². The molecule has 0 saturated heterocycles. The van der Waals surface area contributed by atoms with E-state index in [-0.39, 0.29) is 5.03 Å². The summed E-state index contributed by atoms with van der Waals surface area (Å²) >= 11 is 6.00. The molecule has 0 saturated carbocycles. The number of aliphatic hydroxyl groups excluding tert-OH is 1. The van der Waals surface area contributed by atoms with Crippen LogP contribution in [-0.2, 0) is 9.53 Å². The standard InChI is InChI=1S/C15H13ClN2O3/c1-8-11(14-12(16)13(19)15(20)21-14)9(2)18(17-8)10-6-4-3-5-7-10/h3-7,14,19H,1-2H3. The molecule has 5 nitrogen and oxygen atoms in total. The number of carbonyl (C=O) groups excluding carboxylic acids is 1. The van der Waals surface area contributed by atoms with E-state index in [0.717, 1.165) is 11.4 Å². The van der Waals surface area contributed by atoms with Gasteiger partial charge in [0.15, 0.2) is 6.10 Å². The number of esters is 1. The highest BCUT2D eigenvalue weighted by molar-refractivity contribution is 6.32. The van der Waals surface area contributed by atoms with Gasteiger partial charge in [-0.1, -0.05) is 29.8 Å². The molecule has 3 rings (SSSR count). The zero-order valence-corrected chi connectivity index (χ0v) is 12.3. The van der Waals surface area contributed by atoms with Crippen LogP contribution < -0.4 is 0 Å². The number of rotatable bonds is 2. The largest absolute Gasteiger partial charge is 0.501 e. The van der Waals surface area contributed by atoms with Crippen LogP contribution in [-0.4, -0.2) is 20.9 Å². The summed E-state index contributed by atoms with van der Waals surface area (Å²) in [5.74, 6) is -1.34. The van der Waals surface area contributed by atoms with E-state index in [1.54, 1.807) is 4.68 Å². The maximum atomic E-state index is 11.4. The number of halogens is 1. The molecular weight excluding hydrogens is 292 g/mol. The van der Waals surface area contributed by atoms with Crippen molar-refractivity contribution in [2.45, 2.75) is 20.0 Å². The van der Waals surface area contributed by atoms with E-state index in [1.165, 1.54) is 0 Å². The van der Waals surface area contributed by atoms with Crippen LogP contribution in [0.25, 0.3) is 5.69 Å². The van der Waals surface area contributed by atoms with Crippen molar-refractivity contribution in [2.24, 2.45) is 0 Å². The van der Waals surface area contributed by atoms with Gasteiger partial charge in [-0.3, -0.25) is 0 Å². The first-order valence-corrected chi connectivity index (χ1v) is 6.79. The topological polar surface area (TPSA) is 64.4 Å². The molecule has 6 heteroatoms. The Morgan fingerprint density at radius 1 is 1.29 bits per heavy atom. The van der Waals surface area contributed by atoms with Gasteiger partial charge in [-0.2, -0.15) is 5.10 Å². The zero-order chi connectivity index (χ0) is 15.1. The summed E-state index contributed by atoms with van der Waals surface area (Å²) in [6.45, 7) is 3.69. The summed E-state index contributed by atoms with van der Waals surface area (Å²) in [4.78, 5) is 11.4. The van der Waals surface area contributed by atoms with E-state index >= 15 is 0 Å². The van der Waals surface area contributed by atoms with E-state index < -0.39 is 17.8 Å². The monoisotopic (exact) mass is 304 g/mol. The summed E-state index contributed by atoms with van der Waals surface area (Å²) in [5.41, 5.74) is 3.10. The number of cyclic esters (lactones) is 1. The first kappa shape index (κ1) is 13.7. The molecule has 21 heavy (non-hydrogen) atoms. The molecule has 0 fully saturated rings. The number of ether oxygens (including phenoxy) is 1. The highest BCUT2D eigenvalue weighted by atomic mass is 35.5. The molecule has 1 atom stereocenters. The second kappa shape index (κ2) is 4.93. The van der Waals surface area contributed by atoms with Crippen molar-refractivity contribution in [3.8, 4) is 5.69 Å². The molecular formula is C15H13ClN2O3. The molecule has 0 radical (unpaired) electrons. The van der Waals surface area contributed by atoms with Crippen LogP contribution in [0.4, 0.5) is 0 Å². The van der Waals surface area contributed by atoms with Crippen molar-refractivity contribution in [2.75, 3.05) is 0 Å². The maximum Gasteiger partial charge on any atom is 0.375 e. The summed E-state index contributed by atoms with van der Waals surface area (Å²) in [5, 5.41) is 14.0. The quantitative estimate of drug-likeness (QED) is 0.866. The first-order valence-electron chi connectivity index (χ1n) is 6.42. The Balaban J connectivity index is 2.11. The number of nitrogens with zero attached hydrogens (tertiary/aromatic N) is 2. The van der Waals surface area contributed by atoms with Crippen LogP contribution >= 0.6 is 11.6 Å². The fraction of sp³-hybridized carbons (Fsp3) is 0.200. The average molecular weight is 305 g/mol. The molecule has 0 bridgehead atoms. The molecule has 0 aliphatic carbocycles. The van der Waals surface area contributed by atoms with Gasteiger partial charge in [0.2, 0.25) is 5.76 Å². The minimum atomic E-state index is -0.809. The Labute approximate surface area is 126 Å². The average Bonchev–Trinajstić information content (AvgIpc) is 2.91. The smallest absolute Gasteiger partial charge is 0.375 e. The number of hydrogen-bond acceptors (Lipinski definition) is 4. The van der Waals surface area contributed by atoms with Crippen LogP contribution in [0.15, 0.2) is 41.1 Å². The third-order valence-corrected chi connectivity index (χ3v) is 3.86. The lowest BCUT2D eigenvalue weighted by atomic mass is 10.1. The van der Waals surface area contributed by atoms with Gasteiger partial charge in [0.05, 0.1) is 11.4 Å². The van der Waals surface area contributed by atoms with Crippen molar-refractivity contribution in [3.63, 3.8) is 0 Å². The van der Waals surface area contributed by atoms with Gasteiger partial charge in [-0.25, -0.2) is 9.48 Å². The molecule has 1 aromatic heterocycles. The SMILES string of the molecule is Cc1nn(-c2ccccc2)c(C)c1C1OC(=O)C(O)=C1Cl. The second-order valence-corrected chi connectivity index (χ2v) is 5.22. The molecule has 1 aliphatic rings. The van der Waals surface area contributed by atoms with Crippen molar-refractivity contribution >= 4 is 17.6 Å². The number of carbonyl (C=O) groups is 1. The summed E-state index contributed by atoms with van der Waals surface area (Å²) in [7, 11) is 0. The highest BCUT2D eigenvalue weighted by Crippen LogP contribution is 2.39. The number of aromatic nitrogens is 2. The highest BCUT2D eigenvalue weighted by Gasteiger charge is 2.37. The molecule has 1 unspecified atom stereocenters. The third-order valence-electron chi connectivity index (χ3n) is 3.48. The van der Waals surface area contributed by atoms with Gasteiger partial charge in [-0.05, 0) is 26.0 Å². The predicted molar refractivity (Wildman–Crippen MR) is 77.4 cm³/mol. The number of aliphatic hydroxyl groups is 1. The lowest BCUT2D eigenvalue weighted by Gasteiger charge is -2.11. The third kappa shape index (κ3) is 2.10. The number of benzene rings is 1. The Bertz CT molecular complexity index is 750. The van der Waals surface area contributed by atoms with Crippen LogP contribution in [0.3, 0.4) is 0 Å². The van der Waals surface area contributed by atoms with Crippen molar-refractivity contribution in [1.29, 1.82) is 0 Å². The van der Waals surface area contributed by atoms with E-state index in [1.807, 2.05) is 44.2 Å². The minimum absolute atomic E-state index is 0.00110. The molecule has 0 spiro atoms. The van der Waals surface area contributed by atoms with Gasteiger partial charge in [0.25, 0.3) is 0 Å². The predicted octanol–water partition coefficient (Wildman–Crippen LogP) is 3.10. The molecule has 1 aromatic carbocycles. The summed E-state index contributed by atoms with van der Waals surface area (Å²) in [6, 6.07) is 9.61. The van der Waals surface area contributed by atoms with Crippen molar-refractivity contribution in [3.05, 3.63) is 58.1 Å². The first-order chi connectivity index (χ1) is 10.0. The molecule has 1 aliphatic heterocycles. The van der Waals surface area contributed by atoms with E-state index in [9.17, 15) is 9.90 Å². The maximum absolute atomic E-state index is 11.4. The van der Waals surface area contributed by atoms with E-state index in [4.69, 9.17) is 16.3 Å². The molecule has 2 heterocycles. The van der Waals surface area contributed by atoms with Crippen molar-refractivity contribution < 1.29 is 14.6 Å². The Morgan fingerprint density at radius 3 is 2.52 bits per heavy atom. The number of aryl methyl sites for hydroxylation is 1. The van der Waals surface area contributed by atoms with Gasteiger partial charge < -0.3 is 9.84 Å². The molecule has 0 amide bonds. The molecule has 1 N–H and O–H groups in total. The van der Waals surface area contributed by atoms with Crippen LogP contribution in [0.5, 0.6) is 0 Å². The zero-order valence-electron chi connectivity index (χ0n) is 11.5. The summed E-state index contributed by atoms with van der Waals surface area (Å²) in [6.07, 6.45) is -0.795. The fourth-order valence-corrected chi connectivity index (χ4v) is 2.71. The number of para-hydroxylation sites is 1. The lowest BCUT2D eigenvalue weighted by Crippen LogP contribution is -2.05. The molecule has 2 aromatic rings. The Kier molecular flexibility index (Phi) is 3.22. The van der Waals surface area contributed by atoms with Gasteiger partial charge in [0.1, 0.15) is 5.03 Å². The van der Waals surface area contributed by atoms with E-state index in [2.05, 4.69) is 5.10 Å². The Hall–Kier alpha value is -2.27. The van der Waals surface area contributed by atoms with Crippen LogP contribution in [0.2, 0.25) is 0 Å². The Morgan fingerprint density at radius 2 is 1.95 bits per heavy atom. The lowest BCUT2D eigenvalue weighted by molar-refractivity contribution is -0.142. The van der Waals surface area contributed by atoms with Gasteiger partial charge in [0, 0.05) is 11.3 Å². The minimum Gasteiger partial charge on any atom is -0.501 e. The summed E-state index contributed by atoms with van der Waals surface area (Å²) < 4.78 is 6.90. The normalized spacial score (nSPS) is 18.2. The van der Waals surface area contributed by atoms with Crippen LogP contribution in [0.1, 0.15) is 23.1 Å².